The summed E-state index contributed by atoms with van der Waals surface area (Å²) in [6.07, 6.45) is 8.39. The molecule has 2 bridgehead atoms. The lowest BCUT2D eigenvalue weighted by Gasteiger charge is -2.35. The van der Waals surface area contributed by atoms with Crippen molar-refractivity contribution in [3.8, 4) is 5.88 Å². The van der Waals surface area contributed by atoms with Crippen LogP contribution in [0, 0.1) is 11.3 Å². The molecule has 2 aliphatic heterocycles. The fraction of sp³-hybridized carbons (Fsp3) is 0.541. The standard InChI is InChI=1S/C37H47N5O8S/c1-5-25-21-37(25,34(45)41-51(47,48)27-16-17-27)40-31(43)29-20-26-22-42(29)33(44)30(36(2,3)4)39-35(46)49-18-12-8-6-7-9-14-24-19-23-13-10-11-15-28(23)38-32(24)50-26/h5,9-11,13-15,19,25-27,29-30H,1,6-8,12,16-18,20-22H2,2-4H3,(H,39,46)(H,40,43)(H,41,45)/b14-9-/t25-,26-,29+,30-,37-/m1/s1. The predicted molar refractivity (Wildman–Crippen MR) is 191 cm³/mol. The number of para-hydroxylation sites is 1. The summed E-state index contributed by atoms with van der Waals surface area (Å²) in [5.74, 6) is -2.16. The highest BCUT2D eigenvalue weighted by Crippen LogP contribution is 2.45. The van der Waals surface area contributed by atoms with Crippen LogP contribution in [0.4, 0.5) is 4.79 Å². The first-order valence-electron chi connectivity index (χ1n) is 17.7. The summed E-state index contributed by atoms with van der Waals surface area (Å²) >= 11 is 0. The minimum atomic E-state index is -3.89. The molecule has 13 nitrogen and oxygen atoms in total. The second-order valence-electron chi connectivity index (χ2n) is 15.1. The lowest BCUT2D eigenvalue weighted by molar-refractivity contribution is -0.142. The largest absolute Gasteiger partial charge is 0.472 e. The van der Waals surface area contributed by atoms with Crippen molar-refractivity contribution in [3.05, 3.63) is 54.6 Å². The van der Waals surface area contributed by atoms with Crippen LogP contribution in [-0.2, 0) is 29.1 Å². The molecule has 2 aromatic rings. The average molecular weight is 722 g/mol. The molecule has 51 heavy (non-hydrogen) atoms. The zero-order chi connectivity index (χ0) is 36.6. The molecule has 2 aliphatic carbocycles. The fourth-order valence-corrected chi connectivity index (χ4v) is 8.13. The van der Waals surface area contributed by atoms with Crippen LogP contribution >= 0.6 is 0 Å². The van der Waals surface area contributed by atoms with Crippen LogP contribution < -0.4 is 20.1 Å². The molecule has 3 heterocycles. The smallest absolute Gasteiger partial charge is 0.407 e. The van der Waals surface area contributed by atoms with Gasteiger partial charge in [0.2, 0.25) is 27.7 Å². The highest BCUT2D eigenvalue weighted by Gasteiger charge is 2.62. The van der Waals surface area contributed by atoms with Crippen LogP contribution in [0.1, 0.15) is 77.7 Å². The van der Waals surface area contributed by atoms with Crippen LogP contribution in [0.15, 0.2) is 49.1 Å². The predicted octanol–water partition coefficient (Wildman–Crippen LogP) is 3.98. The Morgan fingerprint density at radius 2 is 1.90 bits per heavy atom. The van der Waals surface area contributed by atoms with Gasteiger partial charge in [-0.2, -0.15) is 0 Å². The van der Waals surface area contributed by atoms with Crippen molar-refractivity contribution in [2.75, 3.05) is 13.2 Å². The maximum Gasteiger partial charge on any atom is 0.407 e. The number of carbonyl (C=O) groups excluding carboxylic acids is 4. The Bertz CT molecular complexity index is 1850. The van der Waals surface area contributed by atoms with Crippen LogP contribution in [0.2, 0.25) is 0 Å². The van der Waals surface area contributed by atoms with Gasteiger partial charge < -0.3 is 25.0 Å². The van der Waals surface area contributed by atoms with E-state index in [1.54, 1.807) is 20.8 Å². The van der Waals surface area contributed by atoms with Crippen LogP contribution in [-0.4, -0.2) is 84.2 Å². The van der Waals surface area contributed by atoms with E-state index in [1.165, 1.54) is 11.0 Å². The third-order valence-electron chi connectivity index (χ3n) is 10.0. The Morgan fingerprint density at radius 1 is 1.14 bits per heavy atom. The number of nitrogens with one attached hydrogen (secondary N) is 3. The highest BCUT2D eigenvalue weighted by atomic mass is 32.2. The van der Waals surface area contributed by atoms with Gasteiger partial charge in [-0.3, -0.25) is 19.1 Å². The summed E-state index contributed by atoms with van der Waals surface area (Å²) in [5.41, 5.74) is -0.842. The van der Waals surface area contributed by atoms with E-state index < -0.39 is 74.1 Å². The number of hydrogen-bond donors (Lipinski definition) is 3. The molecule has 3 N–H and O–H groups in total. The molecule has 1 aromatic heterocycles. The molecule has 0 spiro atoms. The summed E-state index contributed by atoms with van der Waals surface area (Å²) < 4.78 is 39.5. The molecule has 4 amide bonds. The SMILES string of the molecule is C=C[C@@H]1C[C@]1(NC(=O)[C@@H]1C[C@@H]2CN1C(=O)[C@H](C(C)(C)C)NC(=O)OCCCCC/C=C\c1cc3ccccc3nc1O2)C(=O)NS(=O)(=O)C1CC1. The molecule has 2 saturated carbocycles. The number of aromatic nitrogens is 1. The van der Waals surface area contributed by atoms with Crippen LogP contribution in [0.25, 0.3) is 17.0 Å². The summed E-state index contributed by atoms with van der Waals surface area (Å²) in [4.78, 5) is 61.3. The summed E-state index contributed by atoms with van der Waals surface area (Å²) in [6, 6.07) is 7.47. The first kappa shape index (κ1) is 36.3. The maximum absolute atomic E-state index is 14.4. The second kappa shape index (κ2) is 14.3. The van der Waals surface area contributed by atoms with Gasteiger partial charge in [0.05, 0.1) is 23.9 Å². The number of ether oxygens (including phenoxy) is 2. The van der Waals surface area contributed by atoms with Gasteiger partial charge in [0.15, 0.2) is 0 Å². The van der Waals surface area contributed by atoms with E-state index in [4.69, 9.17) is 14.5 Å². The third kappa shape index (κ3) is 8.05. The van der Waals surface area contributed by atoms with E-state index in [1.807, 2.05) is 42.5 Å². The van der Waals surface area contributed by atoms with Gasteiger partial charge in [0.25, 0.3) is 5.91 Å². The number of amides is 4. The Kier molecular flexibility index (Phi) is 10.2. The van der Waals surface area contributed by atoms with E-state index in [0.29, 0.717) is 25.1 Å². The fourth-order valence-electron chi connectivity index (χ4n) is 6.77. The van der Waals surface area contributed by atoms with E-state index in [0.717, 1.165) is 35.7 Å². The molecule has 0 unspecified atom stereocenters. The van der Waals surface area contributed by atoms with Crippen LogP contribution in [0.5, 0.6) is 5.88 Å². The lowest BCUT2D eigenvalue weighted by atomic mass is 9.85. The molecule has 14 heteroatoms. The number of hydrogen-bond acceptors (Lipinski definition) is 9. The van der Waals surface area contributed by atoms with Gasteiger partial charge in [-0.05, 0) is 62.5 Å². The first-order chi connectivity index (χ1) is 24.2. The van der Waals surface area contributed by atoms with Crippen molar-refractivity contribution in [1.29, 1.82) is 0 Å². The number of allylic oxidation sites excluding steroid dienone is 1. The minimum Gasteiger partial charge on any atom is -0.472 e. The van der Waals surface area contributed by atoms with Crippen molar-refractivity contribution in [3.63, 3.8) is 0 Å². The maximum atomic E-state index is 14.4. The first-order valence-corrected chi connectivity index (χ1v) is 19.2. The van der Waals surface area contributed by atoms with Gasteiger partial charge in [-0.25, -0.2) is 18.2 Å². The number of nitrogens with zero attached hydrogens (tertiary/aromatic N) is 2. The quantitative estimate of drug-likeness (QED) is 0.373. The molecular formula is C37H47N5O8S. The molecule has 274 valence electrons. The monoisotopic (exact) mass is 721 g/mol. The van der Waals surface area contributed by atoms with Crippen molar-refractivity contribution >= 4 is 50.8 Å². The lowest BCUT2D eigenvalue weighted by Crippen LogP contribution is -2.60. The van der Waals surface area contributed by atoms with Crippen LogP contribution in [0.3, 0.4) is 0 Å². The van der Waals surface area contributed by atoms with Gasteiger partial charge in [-0.15, -0.1) is 6.58 Å². The van der Waals surface area contributed by atoms with Gasteiger partial charge in [-0.1, -0.05) is 57.2 Å². The van der Waals surface area contributed by atoms with E-state index >= 15 is 0 Å². The van der Waals surface area contributed by atoms with Crippen molar-refractivity contribution in [2.24, 2.45) is 11.3 Å². The third-order valence-corrected chi connectivity index (χ3v) is 11.8. The molecule has 4 aliphatic rings. The number of carbonyl (C=O) groups is 4. The number of cyclic esters (lactones) is 1. The Balaban J connectivity index is 1.33. The molecular weight excluding hydrogens is 675 g/mol. The molecule has 1 aromatic carbocycles. The average Bonchev–Trinajstić information content (AvgIpc) is 4.00. The second-order valence-corrected chi connectivity index (χ2v) is 17.0. The van der Waals surface area contributed by atoms with E-state index in [9.17, 15) is 27.6 Å². The number of fused-ring (bicyclic) bond motifs is 4. The number of rotatable bonds is 6. The molecule has 5 atom stereocenters. The number of alkyl carbamates (subject to hydrolysis) is 1. The Labute approximate surface area is 298 Å². The molecule has 0 radical (unpaired) electrons. The topological polar surface area (TPSA) is 173 Å². The Hall–Kier alpha value is -4.46. The molecule has 3 fully saturated rings. The van der Waals surface area contributed by atoms with Crippen molar-refractivity contribution < 1.29 is 37.1 Å². The normalized spacial score (nSPS) is 28.2. The Morgan fingerprint density at radius 3 is 2.61 bits per heavy atom. The summed E-state index contributed by atoms with van der Waals surface area (Å²) in [5, 5.41) is 5.84. The van der Waals surface area contributed by atoms with E-state index in [-0.39, 0.29) is 26.0 Å². The molecule has 1 saturated heterocycles. The number of benzene rings is 1. The highest BCUT2D eigenvalue weighted by molar-refractivity contribution is 7.91. The summed E-state index contributed by atoms with van der Waals surface area (Å²) in [6.45, 7) is 9.36. The van der Waals surface area contributed by atoms with Gasteiger partial charge >= 0.3 is 6.09 Å². The zero-order valence-electron chi connectivity index (χ0n) is 29.4. The molecule has 6 rings (SSSR count). The van der Waals surface area contributed by atoms with E-state index in [2.05, 4.69) is 21.9 Å². The van der Waals surface area contributed by atoms with Gasteiger partial charge in [0.1, 0.15) is 23.7 Å². The number of pyridine rings is 1. The summed E-state index contributed by atoms with van der Waals surface area (Å²) in [7, 11) is -3.89. The zero-order valence-corrected chi connectivity index (χ0v) is 30.2. The number of sulfonamides is 1. The van der Waals surface area contributed by atoms with Crippen molar-refractivity contribution in [2.45, 2.75) is 101 Å². The minimum absolute atomic E-state index is 0.0158. The van der Waals surface area contributed by atoms with Crippen molar-refractivity contribution in [1.82, 2.24) is 25.2 Å². The van der Waals surface area contributed by atoms with Gasteiger partial charge in [0, 0.05) is 23.3 Å².